The van der Waals surface area contributed by atoms with Crippen LogP contribution in [-0.4, -0.2) is 9.97 Å². The fraction of sp³-hybridized carbons (Fsp3) is 0. The van der Waals surface area contributed by atoms with Crippen LogP contribution in [0.4, 0.5) is 0 Å². The summed E-state index contributed by atoms with van der Waals surface area (Å²) in [5.41, 5.74) is 8.77. The average molecular weight is 675 g/mol. The molecule has 2 heterocycles. The Hall–Kier alpha value is -7.10. The summed E-state index contributed by atoms with van der Waals surface area (Å²) in [5, 5.41) is 12.0. The van der Waals surface area contributed by atoms with Crippen molar-refractivity contribution in [1.29, 1.82) is 0 Å². The number of benzene rings is 9. The van der Waals surface area contributed by atoms with Gasteiger partial charge in [0.1, 0.15) is 11.2 Å². The van der Waals surface area contributed by atoms with Gasteiger partial charge in [-0.05, 0) is 78.5 Å². The number of furan rings is 1. The number of hydrogen-bond acceptors (Lipinski definition) is 3. The fourth-order valence-electron chi connectivity index (χ4n) is 8.24. The topological polar surface area (TPSA) is 38.9 Å². The van der Waals surface area contributed by atoms with E-state index in [4.69, 9.17) is 14.4 Å². The molecule has 9 aromatic carbocycles. The Morgan fingerprint density at radius 2 is 0.962 bits per heavy atom. The minimum absolute atomic E-state index is 0.672. The highest BCUT2D eigenvalue weighted by Crippen LogP contribution is 2.44. The molecule has 0 amide bonds. The molecule has 0 unspecified atom stereocenters. The van der Waals surface area contributed by atoms with E-state index in [1.54, 1.807) is 0 Å². The molecule has 0 radical (unpaired) electrons. The second kappa shape index (κ2) is 11.7. The zero-order chi connectivity index (χ0) is 34.9. The van der Waals surface area contributed by atoms with Gasteiger partial charge < -0.3 is 4.42 Å². The quantitative estimate of drug-likeness (QED) is 0.138. The summed E-state index contributed by atoms with van der Waals surface area (Å²) in [6.45, 7) is 0. The molecule has 0 aliphatic carbocycles. The maximum absolute atomic E-state index is 6.50. The zero-order valence-electron chi connectivity index (χ0n) is 28.6. The van der Waals surface area contributed by atoms with Gasteiger partial charge in [0.2, 0.25) is 0 Å². The summed E-state index contributed by atoms with van der Waals surface area (Å²) in [6.07, 6.45) is 0. The van der Waals surface area contributed by atoms with Crippen molar-refractivity contribution in [2.24, 2.45) is 0 Å². The standard InChI is InChI=1S/C50H30N2O/c1-2-14-32(15-3-1)50-51-45(30-46(52-50)43-23-12-22-42-39-21-10-11-24-47(39)53-49(42)43)38-27-28-40(37-20-9-8-19-36(37)38)48-35-18-7-5-16-33(35)29-44-34-17-6-4-13-31(34)25-26-41(44)48/h1-30H. The highest BCUT2D eigenvalue weighted by Gasteiger charge is 2.20. The van der Waals surface area contributed by atoms with Gasteiger partial charge in [0.15, 0.2) is 5.82 Å². The number of para-hydroxylation sites is 2. The van der Waals surface area contributed by atoms with E-state index in [1.807, 2.05) is 30.3 Å². The molecule has 11 rings (SSSR count). The van der Waals surface area contributed by atoms with Gasteiger partial charge in [0.05, 0.1) is 11.4 Å². The first-order chi connectivity index (χ1) is 26.3. The number of nitrogens with zero attached hydrogens (tertiary/aromatic N) is 2. The van der Waals surface area contributed by atoms with Crippen molar-refractivity contribution in [3.8, 4) is 45.0 Å². The Morgan fingerprint density at radius 3 is 1.79 bits per heavy atom. The van der Waals surface area contributed by atoms with Gasteiger partial charge >= 0.3 is 0 Å². The molecule has 53 heavy (non-hydrogen) atoms. The first kappa shape index (κ1) is 29.6. The van der Waals surface area contributed by atoms with E-state index in [0.717, 1.165) is 55.4 Å². The van der Waals surface area contributed by atoms with Crippen molar-refractivity contribution >= 4 is 65.0 Å². The van der Waals surface area contributed by atoms with Crippen molar-refractivity contribution in [3.05, 3.63) is 182 Å². The Labute approximate surface area is 305 Å². The third-order valence-corrected chi connectivity index (χ3v) is 10.7. The van der Waals surface area contributed by atoms with Gasteiger partial charge in [-0.25, -0.2) is 9.97 Å². The Balaban J connectivity index is 1.18. The summed E-state index contributed by atoms with van der Waals surface area (Å²) < 4.78 is 6.50. The summed E-state index contributed by atoms with van der Waals surface area (Å²) in [4.78, 5) is 10.5. The van der Waals surface area contributed by atoms with Crippen LogP contribution in [0.15, 0.2) is 186 Å². The van der Waals surface area contributed by atoms with Crippen LogP contribution in [0.3, 0.4) is 0 Å². The Morgan fingerprint density at radius 1 is 0.340 bits per heavy atom. The predicted octanol–water partition coefficient (Wildman–Crippen LogP) is 13.7. The number of hydrogen-bond donors (Lipinski definition) is 0. The van der Waals surface area contributed by atoms with Crippen LogP contribution in [0.1, 0.15) is 0 Å². The van der Waals surface area contributed by atoms with E-state index in [2.05, 4.69) is 152 Å². The number of rotatable bonds is 4. The molecule has 3 heteroatoms. The van der Waals surface area contributed by atoms with Crippen LogP contribution < -0.4 is 0 Å². The Bertz CT molecular complexity index is 3230. The molecule has 0 N–H and O–H groups in total. The first-order valence-electron chi connectivity index (χ1n) is 18.0. The van der Waals surface area contributed by atoms with Gasteiger partial charge in [-0.1, -0.05) is 158 Å². The lowest BCUT2D eigenvalue weighted by Gasteiger charge is -2.17. The molecule has 2 aromatic heterocycles. The lowest BCUT2D eigenvalue weighted by molar-refractivity contribution is 0.670. The number of aromatic nitrogens is 2. The van der Waals surface area contributed by atoms with Crippen LogP contribution in [0, 0.1) is 0 Å². The van der Waals surface area contributed by atoms with E-state index in [-0.39, 0.29) is 0 Å². The van der Waals surface area contributed by atoms with Crippen LogP contribution in [-0.2, 0) is 0 Å². The normalized spacial score (nSPS) is 11.8. The second-order valence-electron chi connectivity index (χ2n) is 13.7. The molecular formula is C50H30N2O. The maximum atomic E-state index is 6.50. The lowest BCUT2D eigenvalue weighted by Crippen LogP contribution is -1.97. The van der Waals surface area contributed by atoms with Gasteiger partial charge in [0, 0.05) is 27.5 Å². The molecular weight excluding hydrogens is 645 g/mol. The molecule has 0 saturated heterocycles. The second-order valence-corrected chi connectivity index (χ2v) is 13.7. The summed E-state index contributed by atoms with van der Waals surface area (Å²) in [6, 6.07) is 64.5. The zero-order valence-corrected chi connectivity index (χ0v) is 28.6. The average Bonchev–Trinajstić information content (AvgIpc) is 3.62. The van der Waals surface area contributed by atoms with E-state index >= 15 is 0 Å². The van der Waals surface area contributed by atoms with Crippen molar-refractivity contribution in [1.82, 2.24) is 9.97 Å². The van der Waals surface area contributed by atoms with Crippen LogP contribution in [0.5, 0.6) is 0 Å². The molecule has 0 fully saturated rings. The molecule has 0 spiro atoms. The smallest absolute Gasteiger partial charge is 0.160 e. The number of fused-ring (bicyclic) bond motifs is 8. The van der Waals surface area contributed by atoms with E-state index in [1.165, 1.54) is 48.8 Å². The molecule has 11 aromatic rings. The van der Waals surface area contributed by atoms with Crippen LogP contribution >= 0.6 is 0 Å². The third kappa shape index (κ3) is 4.68. The highest BCUT2D eigenvalue weighted by molar-refractivity contribution is 6.23. The minimum atomic E-state index is 0.672. The van der Waals surface area contributed by atoms with Crippen molar-refractivity contribution in [3.63, 3.8) is 0 Å². The summed E-state index contributed by atoms with van der Waals surface area (Å²) in [5.74, 6) is 0.672. The first-order valence-corrected chi connectivity index (χ1v) is 18.0. The molecule has 3 nitrogen and oxygen atoms in total. The molecule has 0 bridgehead atoms. The van der Waals surface area contributed by atoms with Gasteiger partial charge in [0.25, 0.3) is 0 Å². The molecule has 246 valence electrons. The van der Waals surface area contributed by atoms with E-state index in [0.29, 0.717) is 5.82 Å². The minimum Gasteiger partial charge on any atom is -0.455 e. The van der Waals surface area contributed by atoms with Crippen LogP contribution in [0.2, 0.25) is 0 Å². The fourth-order valence-corrected chi connectivity index (χ4v) is 8.24. The van der Waals surface area contributed by atoms with E-state index in [9.17, 15) is 0 Å². The molecule has 0 aliphatic rings. The summed E-state index contributed by atoms with van der Waals surface area (Å²) >= 11 is 0. The van der Waals surface area contributed by atoms with Gasteiger partial charge in [-0.3, -0.25) is 0 Å². The Kier molecular flexibility index (Phi) is 6.55. The van der Waals surface area contributed by atoms with Crippen molar-refractivity contribution in [2.45, 2.75) is 0 Å². The van der Waals surface area contributed by atoms with Crippen LogP contribution in [0.25, 0.3) is 110 Å². The van der Waals surface area contributed by atoms with E-state index < -0.39 is 0 Å². The van der Waals surface area contributed by atoms with Gasteiger partial charge in [-0.15, -0.1) is 0 Å². The largest absolute Gasteiger partial charge is 0.455 e. The maximum Gasteiger partial charge on any atom is 0.160 e. The molecule has 0 saturated carbocycles. The predicted molar refractivity (Wildman–Crippen MR) is 221 cm³/mol. The lowest BCUT2D eigenvalue weighted by atomic mass is 9.86. The van der Waals surface area contributed by atoms with Crippen molar-refractivity contribution in [2.75, 3.05) is 0 Å². The monoisotopic (exact) mass is 674 g/mol. The third-order valence-electron chi connectivity index (χ3n) is 10.7. The highest BCUT2D eigenvalue weighted by atomic mass is 16.3. The van der Waals surface area contributed by atoms with Crippen molar-refractivity contribution < 1.29 is 4.42 Å². The summed E-state index contributed by atoms with van der Waals surface area (Å²) in [7, 11) is 0. The molecule has 0 aliphatic heterocycles. The molecule has 0 atom stereocenters. The SMILES string of the molecule is c1ccc(-c2nc(-c3ccc(-c4c5ccccc5cc5c4ccc4ccccc45)c4ccccc34)cc(-c3cccc4c3oc3ccccc34)n2)cc1. The van der Waals surface area contributed by atoms with Gasteiger partial charge in [-0.2, -0.15) is 0 Å².